The predicted octanol–water partition coefficient (Wildman–Crippen LogP) is 15.4. The van der Waals surface area contributed by atoms with Crippen LogP contribution in [-0.4, -0.2) is 60.7 Å². The van der Waals surface area contributed by atoms with Crippen molar-refractivity contribution in [3.05, 3.63) is 244 Å². The molecule has 0 saturated heterocycles. The van der Waals surface area contributed by atoms with E-state index in [1.54, 1.807) is 152 Å². The summed E-state index contributed by atoms with van der Waals surface area (Å²) in [5.41, 5.74) is 3.35. The number of H-pyrrole nitrogens is 3. The smallest absolute Gasteiger partial charge is 0.342 e. The van der Waals surface area contributed by atoms with E-state index in [1.165, 1.54) is 42.5 Å². The molecule has 0 bridgehead atoms. The second kappa shape index (κ2) is 27.2. The van der Waals surface area contributed by atoms with Gasteiger partial charge in [0.2, 0.25) is 30.1 Å². The van der Waals surface area contributed by atoms with E-state index in [4.69, 9.17) is 15.4 Å². The Morgan fingerprint density at radius 3 is 1.37 bits per heavy atom. The number of thioether (sulfide) groups is 1. The molecule has 0 amide bonds. The third kappa shape index (κ3) is 16.9. The summed E-state index contributed by atoms with van der Waals surface area (Å²) in [4.78, 5) is 23.0. The van der Waals surface area contributed by atoms with Crippen molar-refractivity contribution in [1.82, 2.24) is 29.9 Å². The fourth-order valence-corrected chi connectivity index (χ4v) is 12.9. The number of nitrogens with one attached hydrogen (secondary N) is 3. The van der Waals surface area contributed by atoms with E-state index in [9.17, 15) is 60.4 Å². The van der Waals surface area contributed by atoms with Gasteiger partial charge in [-0.25, -0.2) is 64.4 Å². The first kappa shape index (κ1) is 66.8. The second-order valence-electron chi connectivity index (χ2n) is 20.5. The molecule has 12 aromatic rings. The summed E-state index contributed by atoms with van der Waals surface area (Å²) < 4.78 is 175. The summed E-state index contributed by atoms with van der Waals surface area (Å²) in [7, 11) is -11.7. The molecule has 0 radical (unpaired) electrons. The van der Waals surface area contributed by atoms with Crippen LogP contribution in [0.3, 0.4) is 0 Å². The third-order valence-corrected chi connectivity index (χ3v) is 18.1. The molecule has 9 N–H and O–H groups in total. The Morgan fingerprint density at radius 2 is 0.903 bits per heavy atom. The molecule has 9 aromatic carbocycles. The van der Waals surface area contributed by atoms with Gasteiger partial charge in [-0.1, -0.05) is 113 Å². The topological polar surface area (TPSA) is 267 Å². The Bertz CT molecular complexity index is 5220. The molecule has 0 aliphatic rings. The molecule has 3 heterocycles. The summed E-state index contributed by atoms with van der Waals surface area (Å²) in [5, 5.41) is 16.0. The number of rotatable bonds is 14. The van der Waals surface area contributed by atoms with Crippen LogP contribution >= 0.6 is 27.7 Å². The van der Waals surface area contributed by atoms with Crippen LogP contribution in [0.1, 0.15) is 39.7 Å². The fraction of sp³-hybridized carbons (Fsp3) is 0.0615. The monoisotopic (exact) mass is 1410 g/mol. The van der Waals surface area contributed by atoms with Gasteiger partial charge >= 0.3 is 11.7 Å². The molecule has 3 aromatic heterocycles. The molecule has 0 aliphatic heterocycles. The third-order valence-electron chi connectivity index (χ3n) is 14.0. The van der Waals surface area contributed by atoms with Gasteiger partial charge in [-0.2, -0.15) is 26.3 Å². The highest BCUT2D eigenvalue weighted by Gasteiger charge is 2.34. The van der Waals surface area contributed by atoms with Gasteiger partial charge in [-0.3, -0.25) is 0 Å². The first-order valence-electron chi connectivity index (χ1n) is 27.3. The Kier molecular flexibility index (Phi) is 19.5. The van der Waals surface area contributed by atoms with Crippen molar-refractivity contribution >= 4 is 115 Å². The standard InChI is InChI=1S/C22H17F4N3O2S.C22H16F3N3O2S2.C21H15BrFN3O2S/c23-17-8-5-13(11-16(17)22(24,25)26)6-10-21-28-18-9-7-14(12-19(18)29-21)15-3-1-2-4-20(15)32(27,30)31;23-22(24,25)31-16-9-5-14(6-10-16)7-12-21-27-18-11-8-15(13-19(18)28-21)17-3-1-2-4-20(17)32(26,29)30;22-15-7-8-17(23)14(11-15)6-10-21-25-18-9-5-13(12-19(18)26-21)16-3-1-2-4-20(16)29(24,27)28/h1-5,7-9,11-12H,6,10H2,(H,28,29)(H2,27,30,31);1-13H,(H,27,28)(H2,26,29,30);1-12H,(H,25,26)(H2,24,27,28)/b;12-7+;10-6+. The van der Waals surface area contributed by atoms with Crippen molar-refractivity contribution in [2.75, 3.05) is 0 Å². The van der Waals surface area contributed by atoms with Gasteiger partial charge in [-0.05, 0) is 161 Å². The highest BCUT2D eigenvalue weighted by molar-refractivity contribution is 9.10. The number of aromatic amines is 3. The van der Waals surface area contributed by atoms with Gasteiger partial charge in [0.05, 0.1) is 53.4 Å². The zero-order valence-corrected chi connectivity index (χ0v) is 52.5. The largest absolute Gasteiger partial charge is 0.446 e. The Balaban J connectivity index is 0.000000153. The molecule has 0 saturated carbocycles. The van der Waals surface area contributed by atoms with Crippen LogP contribution in [0.4, 0.5) is 35.1 Å². The van der Waals surface area contributed by atoms with Gasteiger partial charge in [0, 0.05) is 38.0 Å². The van der Waals surface area contributed by atoms with Gasteiger partial charge in [-0.15, -0.1) is 0 Å². The number of halogens is 9. The van der Waals surface area contributed by atoms with E-state index >= 15 is 0 Å². The minimum atomic E-state index is -4.76. The maximum absolute atomic E-state index is 13.9. The summed E-state index contributed by atoms with van der Waals surface area (Å²) in [5.74, 6) is -0.00335. The molecule has 0 spiro atoms. The van der Waals surface area contributed by atoms with E-state index < -0.39 is 53.1 Å². The van der Waals surface area contributed by atoms with Gasteiger partial charge < -0.3 is 15.0 Å². The van der Waals surface area contributed by atoms with E-state index in [0.717, 1.165) is 27.7 Å². The minimum absolute atomic E-state index is 0.00383. The molecule has 0 aliphatic carbocycles. The predicted molar refractivity (Wildman–Crippen MR) is 348 cm³/mol. The van der Waals surface area contributed by atoms with Crippen molar-refractivity contribution < 1.29 is 60.4 Å². The lowest BCUT2D eigenvalue weighted by Gasteiger charge is -2.09. The van der Waals surface area contributed by atoms with Crippen LogP contribution in [0.15, 0.2) is 212 Å². The first-order chi connectivity index (χ1) is 43.9. The Labute approximate surface area is 538 Å². The average Bonchev–Trinajstić information content (AvgIpc) is 1.81. The summed E-state index contributed by atoms with van der Waals surface area (Å²) in [6.45, 7) is 0. The van der Waals surface area contributed by atoms with Crippen molar-refractivity contribution in [2.45, 2.75) is 44.1 Å². The maximum Gasteiger partial charge on any atom is 0.446 e. The molecule has 28 heteroatoms. The normalized spacial score (nSPS) is 12.4. The SMILES string of the molecule is NS(=O)(=O)c1ccccc1-c1ccc2nc(/C=C/c3cc(Br)ccc3F)[nH]c2c1.NS(=O)(=O)c1ccccc1-c1ccc2nc(/C=C/c3ccc(SC(F)(F)F)cc3)[nH]c2c1.NS(=O)(=O)c1ccccc1-c1ccc2nc(CCc3ccc(F)c(C(F)(F)F)c3)[nH]c2c1. The van der Waals surface area contributed by atoms with Gasteiger partial charge in [0.1, 0.15) is 29.1 Å². The molecule has 0 unspecified atom stereocenters. The maximum atomic E-state index is 13.9. The number of aryl methyl sites for hydroxylation is 2. The van der Waals surface area contributed by atoms with Crippen LogP contribution in [0.25, 0.3) is 90.8 Å². The zero-order chi connectivity index (χ0) is 66.6. The lowest BCUT2D eigenvalue weighted by Crippen LogP contribution is -2.13. The number of primary sulfonamides is 3. The fourth-order valence-electron chi connectivity index (χ4n) is 9.73. The van der Waals surface area contributed by atoms with E-state index in [2.05, 4.69) is 45.8 Å². The van der Waals surface area contributed by atoms with Crippen molar-refractivity contribution in [2.24, 2.45) is 15.4 Å². The molecule has 476 valence electrons. The Morgan fingerprint density at radius 1 is 0.462 bits per heavy atom. The summed E-state index contributed by atoms with van der Waals surface area (Å²) in [6, 6.07) is 48.9. The molecule has 15 nitrogen and oxygen atoms in total. The summed E-state index contributed by atoms with van der Waals surface area (Å²) >= 11 is 3.17. The number of nitrogens with two attached hydrogens (primary N) is 3. The molecule has 0 fully saturated rings. The minimum Gasteiger partial charge on any atom is -0.342 e. The second-order valence-corrected chi connectivity index (χ2v) is 27.2. The molecule has 93 heavy (non-hydrogen) atoms. The zero-order valence-electron chi connectivity index (χ0n) is 47.7. The van der Waals surface area contributed by atoms with Crippen LogP contribution < -0.4 is 15.4 Å². The number of aromatic nitrogens is 6. The highest BCUT2D eigenvalue weighted by atomic mass is 79.9. The Hall–Kier alpha value is -9.13. The number of imidazole rings is 3. The number of sulfonamides is 3. The lowest BCUT2D eigenvalue weighted by molar-refractivity contribution is -0.140. The van der Waals surface area contributed by atoms with Crippen LogP contribution in [0, 0.1) is 11.6 Å². The van der Waals surface area contributed by atoms with Crippen molar-refractivity contribution in [3.8, 4) is 33.4 Å². The van der Waals surface area contributed by atoms with E-state index in [0.29, 0.717) is 96.0 Å². The average molecular weight is 1410 g/mol. The highest BCUT2D eigenvalue weighted by Crippen LogP contribution is 2.38. The number of nitrogens with zero attached hydrogens (tertiary/aromatic N) is 3. The quantitative estimate of drug-likeness (QED) is 0.0443. The van der Waals surface area contributed by atoms with E-state index in [1.807, 2.05) is 6.07 Å². The lowest BCUT2D eigenvalue weighted by atomic mass is 10.1. The molecular formula is C65H48BrF8N9O6S4. The van der Waals surface area contributed by atoms with Crippen LogP contribution in [0.5, 0.6) is 0 Å². The number of alkyl halides is 6. The molecule has 12 rings (SSSR count). The van der Waals surface area contributed by atoms with E-state index in [-0.39, 0.29) is 43.6 Å². The van der Waals surface area contributed by atoms with Crippen LogP contribution in [0.2, 0.25) is 0 Å². The number of fused-ring (bicyclic) bond motifs is 3. The number of benzene rings is 9. The molecule has 0 atom stereocenters. The number of hydrogen-bond donors (Lipinski definition) is 6. The number of hydrogen-bond acceptors (Lipinski definition) is 10. The molecular weight excluding hydrogens is 1360 g/mol. The summed E-state index contributed by atoms with van der Waals surface area (Å²) in [6.07, 6.45) is 2.53. The van der Waals surface area contributed by atoms with Crippen molar-refractivity contribution in [1.29, 1.82) is 0 Å². The van der Waals surface area contributed by atoms with Gasteiger partial charge in [0.15, 0.2) is 0 Å². The first-order valence-corrected chi connectivity index (χ1v) is 33.5. The van der Waals surface area contributed by atoms with Gasteiger partial charge in [0.25, 0.3) is 0 Å². The van der Waals surface area contributed by atoms with Crippen LogP contribution in [-0.2, 0) is 49.1 Å². The van der Waals surface area contributed by atoms with Crippen molar-refractivity contribution in [3.63, 3.8) is 0 Å².